The number of nitrogens with one attached hydrogen (secondary N) is 1. The van der Waals surface area contributed by atoms with Crippen molar-refractivity contribution in [2.24, 2.45) is 0 Å². The van der Waals surface area contributed by atoms with Gasteiger partial charge in [0, 0.05) is 12.8 Å². The van der Waals surface area contributed by atoms with E-state index in [1.165, 1.54) is 270 Å². The van der Waals surface area contributed by atoms with E-state index in [0.717, 1.165) is 57.8 Å². The van der Waals surface area contributed by atoms with Gasteiger partial charge in [-0.2, -0.15) is 0 Å². The number of ether oxygens (including phenoxy) is 1. The van der Waals surface area contributed by atoms with Gasteiger partial charge >= 0.3 is 5.97 Å². The lowest BCUT2D eigenvalue weighted by atomic mass is 10.0. The number of hydrogen-bond donors (Lipinski definition) is 3. The van der Waals surface area contributed by atoms with E-state index in [0.29, 0.717) is 19.4 Å². The van der Waals surface area contributed by atoms with Gasteiger partial charge in [0.15, 0.2) is 0 Å². The van der Waals surface area contributed by atoms with Gasteiger partial charge in [-0.15, -0.1) is 0 Å². The zero-order valence-corrected chi connectivity index (χ0v) is 46.8. The Morgan fingerprint density at radius 3 is 0.986 bits per heavy atom. The van der Waals surface area contributed by atoms with Crippen LogP contribution in [0.2, 0.25) is 0 Å². The molecule has 3 N–H and O–H groups in total. The van der Waals surface area contributed by atoms with Gasteiger partial charge in [0.25, 0.3) is 0 Å². The SMILES string of the molecule is CCCCCCCCCCCCCCCCCCCCCC/C=C/C(O)C(CO)NC(=O)CCCCCCCCCCCCCCOC(=O)CCCCCCCCCCCCCCCCCCCC. The summed E-state index contributed by atoms with van der Waals surface area (Å²) in [6, 6.07) is -0.640. The Balaban J connectivity index is 3.45. The largest absolute Gasteiger partial charge is 0.466 e. The summed E-state index contributed by atoms with van der Waals surface area (Å²) in [5, 5.41) is 23.2. The summed E-state index contributed by atoms with van der Waals surface area (Å²) in [5.74, 6) is -0.0843. The van der Waals surface area contributed by atoms with E-state index in [4.69, 9.17) is 4.74 Å². The molecule has 2 unspecified atom stereocenters. The second-order valence-corrected chi connectivity index (χ2v) is 21.8. The highest BCUT2D eigenvalue weighted by Crippen LogP contribution is 2.18. The third-order valence-electron chi connectivity index (χ3n) is 14.8. The second kappa shape index (κ2) is 59.2. The van der Waals surface area contributed by atoms with Gasteiger partial charge in [0.1, 0.15) is 0 Å². The highest BCUT2D eigenvalue weighted by Gasteiger charge is 2.18. The molecular weight excluding hydrogens is 851 g/mol. The molecule has 6 nitrogen and oxygen atoms in total. The van der Waals surface area contributed by atoms with Gasteiger partial charge in [-0.25, -0.2) is 0 Å². The Hall–Kier alpha value is -1.40. The molecule has 0 aromatic heterocycles. The molecule has 410 valence electrons. The lowest BCUT2D eigenvalue weighted by Gasteiger charge is -2.20. The van der Waals surface area contributed by atoms with Crippen molar-refractivity contribution in [3.8, 4) is 0 Å². The maximum absolute atomic E-state index is 12.5. The van der Waals surface area contributed by atoms with Crippen molar-refractivity contribution in [1.29, 1.82) is 0 Å². The van der Waals surface area contributed by atoms with Gasteiger partial charge in [-0.1, -0.05) is 321 Å². The van der Waals surface area contributed by atoms with Crippen molar-refractivity contribution in [2.75, 3.05) is 13.2 Å². The number of unbranched alkanes of at least 4 members (excludes halogenated alkanes) is 48. The molecule has 6 heteroatoms. The maximum atomic E-state index is 12.5. The number of allylic oxidation sites excluding steroid dienone is 1. The average molecular weight is 975 g/mol. The van der Waals surface area contributed by atoms with Crippen LogP contribution in [0.15, 0.2) is 12.2 Å². The van der Waals surface area contributed by atoms with Gasteiger partial charge < -0.3 is 20.3 Å². The molecule has 0 aromatic carbocycles. The summed E-state index contributed by atoms with van der Waals surface area (Å²) in [6.45, 7) is 4.91. The number of carbonyl (C=O) groups is 2. The summed E-state index contributed by atoms with van der Waals surface area (Å²) < 4.78 is 5.49. The smallest absolute Gasteiger partial charge is 0.305 e. The first-order chi connectivity index (χ1) is 34.0. The van der Waals surface area contributed by atoms with Crippen molar-refractivity contribution in [2.45, 2.75) is 366 Å². The number of amides is 1. The van der Waals surface area contributed by atoms with Crippen LogP contribution in [-0.4, -0.2) is 47.4 Å². The number of hydrogen-bond acceptors (Lipinski definition) is 5. The zero-order valence-electron chi connectivity index (χ0n) is 46.8. The Morgan fingerprint density at radius 2 is 0.667 bits per heavy atom. The lowest BCUT2D eigenvalue weighted by molar-refractivity contribution is -0.143. The molecule has 0 bridgehead atoms. The number of esters is 1. The fourth-order valence-corrected chi connectivity index (χ4v) is 9.99. The van der Waals surface area contributed by atoms with Crippen LogP contribution in [0.5, 0.6) is 0 Å². The topological polar surface area (TPSA) is 95.9 Å². The third kappa shape index (κ3) is 55.8. The molecule has 0 rings (SSSR count). The predicted molar refractivity (Wildman–Crippen MR) is 301 cm³/mol. The van der Waals surface area contributed by atoms with Crippen LogP contribution in [0, 0.1) is 0 Å². The van der Waals surface area contributed by atoms with Gasteiger partial charge in [-0.05, 0) is 32.1 Å². The molecule has 69 heavy (non-hydrogen) atoms. The molecule has 0 aliphatic carbocycles. The lowest BCUT2D eigenvalue weighted by Crippen LogP contribution is -2.45. The standard InChI is InChI=1S/C63H123NO5/c1-3-5-7-9-11-13-15-17-19-21-23-24-25-26-27-29-31-35-39-43-47-51-55-61(66)60(59-65)64-62(67)56-52-48-44-40-36-33-34-38-42-46-50-54-58-69-63(68)57-53-49-45-41-37-32-30-28-22-20-18-16-14-12-10-8-6-4-2/h51,55,60-61,65-66H,3-50,52-54,56-59H2,1-2H3,(H,64,67)/b55-51+. The summed E-state index contributed by atoms with van der Waals surface area (Å²) >= 11 is 0. The monoisotopic (exact) mass is 974 g/mol. The first kappa shape index (κ1) is 67.6. The van der Waals surface area contributed by atoms with E-state index < -0.39 is 12.1 Å². The molecule has 0 heterocycles. The maximum Gasteiger partial charge on any atom is 0.305 e. The number of aliphatic hydroxyl groups is 2. The highest BCUT2D eigenvalue weighted by atomic mass is 16.5. The van der Waals surface area contributed by atoms with E-state index in [1.807, 2.05) is 6.08 Å². The number of rotatable bonds is 59. The van der Waals surface area contributed by atoms with E-state index in [9.17, 15) is 19.8 Å². The van der Waals surface area contributed by atoms with Crippen molar-refractivity contribution in [3.63, 3.8) is 0 Å². The Bertz CT molecular complexity index is 1030. The van der Waals surface area contributed by atoms with Crippen molar-refractivity contribution in [1.82, 2.24) is 5.32 Å². The van der Waals surface area contributed by atoms with E-state index in [1.54, 1.807) is 6.08 Å². The Morgan fingerprint density at radius 1 is 0.391 bits per heavy atom. The van der Waals surface area contributed by atoms with Crippen molar-refractivity contribution < 1.29 is 24.5 Å². The summed E-state index contributed by atoms with van der Waals surface area (Å²) in [7, 11) is 0. The van der Waals surface area contributed by atoms with Gasteiger partial charge in [0.05, 0.1) is 25.4 Å². The minimum absolute atomic E-state index is 0.00522. The van der Waals surface area contributed by atoms with E-state index in [2.05, 4.69) is 19.2 Å². The van der Waals surface area contributed by atoms with E-state index >= 15 is 0 Å². The summed E-state index contributed by atoms with van der Waals surface area (Å²) in [5.41, 5.74) is 0. The molecule has 0 radical (unpaired) electrons. The summed E-state index contributed by atoms with van der Waals surface area (Å²) in [6.07, 6.45) is 71.0. The van der Waals surface area contributed by atoms with Crippen LogP contribution in [0.25, 0.3) is 0 Å². The minimum atomic E-state index is -0.855. The van der Waals surface area contributed by atoms with Crippen molar-refractivity contribution >= 4 is 11.9 Å². The number of carbonyl (C=O) groups excluding carboxylic acids is 2. The van der Waals surface area contributed by atoms with Gasteiger partial charge in [0.2, 0.25) is 5.91 Å². The van der Waals surface area contributed by atoms with Crippen molar-refractivity contribution in [3.05, 3.63) is 12.2 Å². The second-order valence-electron chi connectivity index (χ2n) is 21.8. The van der Waals surface area contributed by atoms with Crippen LogP contribution >= 0.6 is 0 Å². The van der Waals surface area contributed by atoms with Crippen LogP contribution in [0.4, 0.5) is 0 Å². The molecule has 0 aromatic rings. The average Bonchev–Trinajstić information content (AvgIpc) is 3.35. The normalized spacial score (nSPS) is 12.6. The molecule has 0 saturated heterocycles. The summed E-state index contributed by atoms with van der Waals surface area (Å²) in [4.78, 5) is 24.6. The zero-order chi connectivity index (χ0) is 50.0. The Labute approximate surface area is 431 Å². The molecule has 0 aliphatic heterocycles. The number of aliphatic hydroxyl groups excluding tert-OH is 2. The van der Waals surface area contributed by atoms with Crippen LogP contribution in [0.3, 0.4) is 0 Å². The third-order valence-corrected chi connectivity index (χ3v) is 14.8. The molecular formula is C63H123NO5. The van der Waals surface area contributed by atoms with E-state index in [-0.39, 0.29) is 18.5 Å². The molecule has 0 spiro atoms. The predicted octanol–water partition coefficient (Wildman–Crippen LogP) is 19.6. The minimum Gasteiger partial charge on any atom is -0.466 e. The Kier molecular flexibility index (Phi) is 58.0. The van der Waals surface area contributed by atoms with Crippen LogP contribution < -0.4 is 5.32 Å². The highest BCUT2D eigenvalue weighted by molar-refractivity contribution is 5.76. The fourth-order valence-electron chi connectivity index (χ4n) is 9.99. The molecule has 1 amide bonds. The van der Waals surface area contributed by atoms with Crippen LogP contribution in [0.1, 0.15) is 354 Å². The fraction of sp³-hybridized carbons (Fsp3) is 0.937. The molecule has 2 atom stereocenters. The van der Waals surface area contributed by atoms with Crippen LogP contribution in [-0.2, 0) is 14.3 Å². The van der Waals surface area contributed by atoms with Gasteiger partial charge in [-0.3, -0.25) is 9.59 Å². The molecule has 0 aliphatic rings. The molecule has 0 saturated carbocycles. The molecule has 0 fully saturated rings. The first-order valence-electron chi connectivity index (χ1n) is 31.5. The first-order valence-corrected chi connectivity index (χ1v) is 31.5. The quantitative estimate of drug-likeness (QED) is 0.0321.